The van der Waals surface area contributed by atoms with E-state index in [-0.39, 0.29) is 0 Å². The van der Waals surface area contributed by atoms with Crippen molar-refractivity contribution in [3.8, 4) is 0 Å². The van der Waals surface area contributed by atoms with Gasteiger partial charge in [0.2, 0.25) is 0 Å². The van der Waals surface area contributed by atoms with Crippen LogP contribution in [0.15, 0.2) is 12.5 Å². The lowest BCUT2D eigenvalue weighted by Crippen LogP contribution is -2.48. The van der Waals surface area contributed by atoms with E-state index < -0.39 is 0 Å². The number of aromatic nitrogens is 2. The molecule has 1 aromatic heterocycles. The van der Waals surface area contributed by atoms with Gasteiger partial charge in [-0.3, -0.25) is 4.90 Å². The molecule has 16 heavy (non-hydrogen) atoms. The highest BCUT2D eigenvalue weighted by Gasteiger charge is 2.18. The van der Waals surface area contributed by atoms with Crippen molar-refractivity contribution >= 4 is 17.4 Å². The van der Waals surface area contributed by atoms with Gasteiger partial charge in [0.15, 0.2) is 5.82 Å². The first-order valence-corrected chi connectivity index (χ1v) is 5.82. The van der Waals surface area contributed by atoms with Gasteiger partial charge in [-0.25, -0.2) is 9.97 Å². The van der Waals surface area contributed by atoms with Crippen LogP contribution in [0.4, 0.5) is 5.82 Å². The van der Waals surface area contributed by atoms with E-state index in [1.165, 1.54) is 6.33 Å². The van der Waals surface area contributed by atoms with Crippen LogP contribution in [-0.4, -0.2) is 54.1 Å². The van der Waals surface area contributed by atoms with Crippen LogP contribution in [0.1, 0.15) is 0 Å². The Morgan fingerprint density at radius 3 is 2.69 bits per heavy atom. The van der Waals surface area contributed by atoms with Gasteiger partial charge in [-0.15, -0.1) is 0 Å². The van der Waals surface area contributed by atoms with E-state index in [1.807, 2.05) is 0 Å². The quantitative estimate of drug-likeness (QED) is 0.820. The number of piperazine rings is 1. The molecule has 0 aromatic carbocycles. The van der Waals surface area contributed by atoms with Crippen LogP contribution in [-0.2, 0) is 0 Å². The van der Waals surface area contributed by atoms with Crippen molar-refractivity contribution < 1.29 is 0 Å². The summed E-state index contributed by atoms with van der Waals surface area (Å²) >= 11 is 6.05. The van der Waals surface area contributed by atoms with E-state index in [1.54, 1.807) is 6.20 Å². The largest absolute Gasteiger partial charge is 0.353 e. The minimum atomic E-state index is 0.620. The van der Waals surface area contributed by atoms with Crippen molar-refractivity contribution in [1.82, 2.24) is 14.9 Å². The van der Waals surface area contributed by atoms with Gasteiger partial charge in [0.1, 0.15) is 11.3 Å². The fourth-order valence-electron chi connectivity index (χ4n) is 1.90. The lowest BCUT2D eigenvalue weighted by molar-refractivity contribution is 0.264. The smallest absolute Gasteiger partial charge is 0.150 e. The molecule has 0 amide bonds. The summed E-state index contributed by atoms with van der Waals surface area (Å²) in [6.45, 7) is 5.59. The summed E-state index contributed by atoms with van der Waals surface area (Å²) in [5.74, 6) is 0.837. The van der Waals surface area contributed by atoms with E-state index in [4.69, 9.17) is 17.3 Å². The molecule has 5 nitrogen and oxygen atoms in total. The maximum atomic E-state index is 6.05. The fourth-order valence-corrected chi connectivity index (χ4v) is 2.13. The van der Waals surface area contributed by atoms with E-state index in [2.05, 4.69) is 19.8 Å². The zero-order valence-electron chi connectivity index (χ0n) is 9.14. The molecule has 1 saturated heterocycles. The van der Waals surface area contributed by atoms with E-state index in [9.17, 15) is 0 Å². The molecule has 0 spiro atoms. The van der Waals surface area contributed by atoms with E-state index >= 15 is 0 Å². The third-order valence-electron chi connectivity index (χ3n) is 2.77. The van der Waals surface area contributed by atoms with Crippen LogP contribution in [0, 0.1) is 0 Å². The normalized spacial score (nSPS) is 17.8. The maximum Gasteiger partial charge on any atom is 0.150 e. The summed E-state index contributed by atoms with van der Waals surface area (Å²) in [6.07, 6.45) is 3.17. The van der Waals surface area contributed by atoms with Crippen LogP contribution >= 0.6 is 11.6 Å². The molecule has 2 heterocycles. The summed E-state index contributed by atoms with van der Waals surface area (Å²) < 4.78 is 0. The Bertz CT molecular complexity index is 338. The first-order chi connectivity index (χ1) is 7.81. The lowest BCUT2D eigenvalue weighted by atomic mass is 10.3. The Kier molecular flexibility index (Phi) is 3.93. The van der Waals surface area contributed by atoms with Crippen LogP contribution in [0.25, 0.3) is 0 Å². The number of hydrogen-bond donors (Lipinski definition) is 1. The third-order valence-corrected chi connectivity index (χ3v) is 3.03. The molecule has 1 aliphatic rings. The molecule has 1 aromatic rings. The second-order valence-corrected chi connectivity index (χ2v) is 4.22. The minimum absolute atomic E-state index is 0.620. The standard InChI is InChI=1S/C10H16ClN5/c11-9-7-13-8-14-10(9)16-5-3-15(2-1-12)4-6-16/h7-8H,1-6,12H2. The minimum Gasteiger partial charge on any atom is -0.353 e. The maximum absolute atomic E-state index is 6.05. The van der Waals surface area contributed by atoms with Gasteiger partial charge in [-0.05, 0) is 0 Å². The number of hydrogen-bond acceptors (Lipinski definition) is 5. The van der Waals surface area contributed by atoms with Crippen LogP contribution in [0.2, 0.25) is 5.02 Å². The van der Waals surface area contributed by atoms with E-state index in [0.717, 1.165) is 38.5 Å². The highest BCUT2D eigenvalue weighted by atomic mass is 35.5. The third kappa shape index (κ3) is 2.61. The molecule has 0 saturated carbocycles. The van der Waals surface area contributed by atoms with Crippen LogP contribution in [0.5, 0.6) is 0 Å². The molecule has 0 radical (unpaired) electrons. The SMILES string of the molecule is NCCN1CCN(c2ncncc2Cl)CC1. The topological polar surface area (TPSA) is 58.3 Å². The first-order valence-electron chi connectivity index (χ1n) is 5.44. The number of rotatable bonds is 3. The van der Waals surface area contributed by atoms with Crippen LogP contribution < -0.4 is 10.6 Å². The zero-order valence-corrected chi connectivity index (χ0v) is 9.90. The summed E-state index contributed by atoms with van der Waals surface area (Å²) in [4.78, 5) is 12.6. The first kappa shape index (κ1) is 11.6. The monoisotopic (exact) mass is 241 g/mol. The van der Waals surface area contributed by atoms with Gasteiger partial charge >= 0.3 is 0 Å². The van der Waals surface area contributed by atoms with Crippen molar-refractivity contribution in [1.29, 1.82) is 0 Å². The van der Waals surface area contributed by atoms with Crippen molar-refractivity contribution in [2.24, 2.45) is 5.73 Å². The fraction of sp³-hybridized carbons (Fsp3) is 0.600. The summed E-state index contributed by atoms with van der Waals surface area (Å²) in [5, 5.41) is 0.620. The lowest BCUT2D eigenvalue weighted by Gasteiger charge is -2.35. The Morgan fingerprint density at radius 2 is 2.06 bits per heavy atom. The zero-order chi connectivity index (χ0) is 11.4. The Balaban J connectivity index is 1.96. The van der Waals surface area contributed by atoms with Crippen LogP contribution in [0.3, 0.4) is 0 Å². The Labute approximate surface area is 100 Å². The molecule has 0 unspecified atom stereocenters. The molecule has 0 aliphatic carbocycles. The summed E-state index contributed by atoms with van der Waals surface area (Å²) in [7, 11) is 0. The van der Waals surface area contributed by atoms with Crippen molar-refractivity contribution in [2.75, 3.05) is 44.2 Å². The molecule has 2 N–H and O–H groups in total. The van der Waals surface area contributed by atoms with Crippen molar-refractivity contribution in [2.45, 2.75) is 0 Å². The summed E-state index contributed by atoms with van der Waals surface area (Å²) in [5.41, 5.74) is 5.53. The van der Waals surface area contributed by atoms with Gasteiger partial charge in [-0.2, -0.15) is 0 Å². The number of nitrogens with zero attached hydrogens (tertiary/aromatic N) is 4. The molecule has 2 rings (SSSR count). The van der Waals surface area contributed by atoms with Gasteiger partial charge in [0.25, 0.3) is 0 Å². The highest BCUT2D eigenvalue weighted by Crippen LogP contribution is 2.22. The van der Waals surface area contributed by atoms with Crippen molar-refractivity contribution in [3.05, 3.63) is 17.5 Å². The molecule has 1 aliphatic heterocycles. The number of anilines is 1. The average Bonchev–Trinajstić information content (AvgIpc) is 2.31. The Morgan fingerprint density at radius 1 is 1.31 bits per heavy atom. The molecule has 6 heteroatoms. The number of nitrogens with two attached hydrogens (primary N) is 1. The molecule has 0 atom stereocenters. The predicted molar refractivity (Wildman–Crippen MR) is 64.7 cm³/mol. The molecular weight excluding hydrogens is 226 g/mol. The van der Waals surface area contributed by atoms with Gasteiger partial charge < -0.3 is 10.6 Å². The predicted octanol–water partition coefficient (Wildman–Crippen LogP) is 0.211. The average molecular weight is 242 g/mol. The number of halogens is 1. The van der Waals surface area contributed by atoms with Crippen molar-refractivity contribution in [3.63, 3.8) is 0 Å². The van der Waals surface area contributed by atoms with Gasteiger partial charge in [0, 0.05) is 39.3 Å². The molecule has 0 bridgehead atoms. The van der Waals surface area contributed by atoms with Gasteiger partial charge in [0.05, 0.1) is 6.20 Å². The molecular formula is C10H16ClN5. The van der Waals surface area contributed by atoms with E-state index in [0.29, 0.717) is 11.6 Å². The molecule has 88 valence electrons. The van der Waals surface area contributed by atoms with Gasteiger partial charge in [-0.1, -0.05) is 11.6 Å². The highest BCUT2D eigenvalue weighted by molar-refractivity contribution is 6.32. The molecule has 1 fully saturated rings. The second-order valence-electron chi connectivity index (χ2n) is 3.81. The Hall–Kier alpha value is -0.910. The second kappa shape index (κ2) is 5.43. The summed E-state index contributed by atoms with van der Waals surface area (Å²) in [6, 6.07) is 0.